The average molecular weight is 244 g/mol. The molecule has 0 aliphatic carbocycles. The topological polar surface area (TPSA) is 34.1 Å². The maximum absolute atomic E-state index is 12.0. The minimum absolute atomic E-state index is 0.255. The van der Waals surface area contributed by atoms with E-state index in [9.17, 15) is 8.78 Å². The monoisotopic (exact) mass is 244 g/mol. The summed E-state index contributed by atoms with van der Waals surface area (Å²) in [6.07, 6.45) is -2.48. The van der Waals surface area contributed by atoms with Gasteiger partial charge in [-0.1, -0.05) is 13.8 Å². The van der Waals surface area contributed by atoms with Crippen LogP contribution in [-0.4, -0.2) is 24.1 Å². The van der Waals surface area contributed by atoms with E-state index < -0.39 is 13.0 Å². The molecule has 5 heteroatoms. The maximum atomic E-state index is 12.0. The molecular weight excluding hydrogens is 226 g/mol. The van der Waals surface area contributed by atoms with Crippen LogP contribution < -0.4 is 10.1 Å². The zero-order valence-corrected chi connectivity index (χ0v) is 10.3. The zero-order valence-electron chi connectivity index (χ0n) is 10.3. The van der Waals surface area contributed by atoms with Crippen molar-refractivity contribution in [2.75, 3.05) is 6.61 Å². The van der Waals surface area contributed by atoms with Crippen LogP contribution in [0.5, 0.6) is 5.88 Å². The highest BCUT2D eigenvalue weighted by Gasteiger charge is 2.06. The number of nitrogens with zero attached hydrogens (tertiary/aromatic N) is 1. The highest BCUT2D eigenvalue weighted by Crippen LogP contribution is 2.13. The Morgan fingerprint density at radius 1 is 1.35 bits per heavy atom. The van der Waals surface area contributed by atoms with Gasteiger partial charge in [0.15, 0.2) is 6.61 Å². The molecular formula is C12H18F2N2O. The van der Waals surface area contributed by atoms with Gasteiger partial charge in [-0.2, -0.15) is 0 Å². The predicted octanol–water partition coefficient (Wildman–Crippen LogP) is 2.53. The second-order valence-corrected chi connectivity index (χ2v) is 4.19. The minimum Gasteiger partial charge on any atom is -0.472 e. The van der Waals surface area contributed by atoms with Gasteiger partial charge < -0.3 is 10.1 Å². The standard InChI is InChI=1S/C12H18F2N2O/c1-8(2)15-6-10-4-9(3)16-12(5-10)17-7-11(13)14/h4-5,8,11,15H,6-7H2,1-3H3. The summed E-state index contributed by atoms with van der Waals surface area (Å²) >= 11 is 0. The Labute approximate surface area is 100 Å². The molecule has 1 aromatic rings. The molecule has 96 valence electrons. The van der Waals surface area contributed by atoms with Crippen molar-refractivity contribution in [3.8, 4) is 5.88 Å². The van der Waals surface area contributed by atoms with E-state index in [2.05, 4.69) is 10.3 Å². The number of halogens is 2. The van der Waals surface area contributed by atoms with Gasteiger partial charge in [0.2, 0.25) is 5.88 Å². The molecule has 3 nitrogen and oxygen atoms in total. The van der Waals surface area contributed by atoms with Gasteiger partial charge in [0, 0.05) is 24.3 Å². The van der Waals surface area contributed by atoms with Crippen molar-refractivity contribution in [2.24, 2.45) is 0 Å². The molecule has 0 aliphatic heterocycles. The Balaban J connectivity index is 2.65. The summed E-state index contributed by atoms with van der Waals surface area (Å²) in [6, 6.07) is 3.96. The molecule has 0 atom stereocenters. The van der Waals surface area contributed by atoms with E-state index in [1.807, 2.05) is 26.8 Å². The molecule has 0 unspecified atom stereocenters. The smallest absolute Gasteiger partial charge is 0.272 e. The summed E-state index contributed by atoms with van der Waals surface area (Å²) in [5.74, 6) is 0.255. The summed E-state index contributed by atoms with van der Waals surface area (Å²) in [7, 11) is 0. The van der Waals surface area contributed by atoms with Crippen LogP contribution >= 0.6 is 0 Å². The third kappa shape index (κ3) is 5.58. The van der Waals surface area contributed by atoms with E-state index >= 15 is 0 Å². The van der Waals surface area contributed by atoms with Crippen LogP contribution in [0.15, 0.2) is 12.1 Å². The van der Waals surface area contributed by atoms with Crippen molar-refractivity contribution in [1.82, 2.24) is 10.3 Å². The summed E-state index contributed by atoms with van der Waals surface area (Å²) in [4.78, 5) is 4.05. The lowest BCUT2D eigenvalue weighted by atomic mass is 10.2. The maximum Gasteiger partial charge on any atom is 0.272 e. The van der Waals surface area contributed by atoms with Crippen LogP contribution in [0.25, 0.3) is 0 Å². The van der Waals surface area contributed by atoms with Gasteiger partial charge >= 0.3 is 0 Å². The van der Waals surface area contributed by atoms with Gasteiger partial charge in [-0.05, 0) is 18.6 Å². The Morgan fingerprint density at radius 2 is 2.06 bits per heavy atom. The molecule has 1 rings (SSSR count). The van der Waals surface area contributed by atoms with Crippen LogP contribution in [0.4, 0.5) is 8.78 Å². The molecule has 0 saturated heterocycles. The summed E-state index contributed by atoms with van der Waals surface area (Å²) in [5.41, 5.74) is 1.74. The first-order chi connectivity index (χ1) is 7.97. The van der Waals surface area contributed by atoms with Crippen LogP contribution in [0, 0.1) is 6.92 Å². The van der Waals surface area contributed by atoms with Crippen molar-refractivity contribution in [3.05, 3.63) is 23.4 Å². The van der Waals surface area contributed by atoms with Gasteiger partial charge in [-0.15, -0.1) is 0 Å². The second-order valence-electron chi connectivity index (χ2n) is 4.19. The lowest BCUT2D eigenvalue weighted by molar-refractivity contribution is 0.0794. The fourth-order valence-electron chi connectivity index (χ4n) is 1.35. The molecule has 0 amide bonds. The molecule has 17 heavy (non-hydrogen) atoms. The lowest BCUT2D eigenvalue weighted by Gasteiger charge is -2.11. The fourth-order valence-corrected chi connectivity index (χ4v) is 1.35. The van der Waals surface area contributed by atoms with Crippen molar-refractivity contribution in [1.29, 1.82) is 0 Å². The number of ether oxygens (including phenoxy) is 1. The summed E-state index contributed by atoms with van der Waals surface area (Å²) in [5, 5.41) is 3.25. The molecule has 1 aromatic heterocycles. The van der Waals surface area contributed by atoms with Crippen LogP contribution in [0.3, 0.4) is 0 Å². The van der Waals surface area contributed by atoms with E-state index in [0.29, 0.717) is 12.6 Å². The molecule has 0 fully saturated rings. The van der Waals surface area contributed by atoms with Crippen LogP contribution in [0.1, 0.15) is 25.1 Å². The SMILES string of the molecule is Cc1cc(CNC(C)C)cc(OCC(F)F)n1. The number of aromatic nitrogens is 1. The number of pyridine rings is 1. The minimum atomic E-state index is -2.48. The Morgan fingerprint density at radius 3 is 2.65 bits per heavy atom. The van der Waals surface area contributed by atoms with E-state index in [4.69, 9.17) is 4.74 Å². The number of nitrogens with one attached hydrogen (secondary N) is 1. The van der Waals surface area contributed by atoms with Crippen molar-refractivity contribution in [3.63, 3.8) is 0 Å². The molecule has 1 heterocycles. The van der Waals surface area contributed by atoms with Gasteiger partial charge in [0.05, 0.1) is 0 Å². The molecule has 0 bridgehead atoms. The van der Waals surface area contributed by atoms with Crippen LogP contribution in [-0.2, 0) is 6.54 Å². The van der Waals surface area contributed by atoms with Crippen molar-refractivity contribution >= 4 is 0 Å². The van der Waals surface area contributed by atoms with E-state index in [0.717, 1.165) is 11.3 Å². The van der Waals surface area contributed by atoms with E-state index in [-0.39, 0.29) is 5.88 Å². The quantitative estimate of drug-likeness (QED) is 0.835. The number of hydrogen-bond acceptors (Lipinski definition) is 3. The van der Waals surface area contributed by atoms with Crippen LogP contribution in [0.2, 0.25) is 0 Å². The molecule has 0 spiro atoms. The van der Waals surface area contributed by atoms with Gasteiger partial charge in [-0.3, -0.25) is 0 Å². The highest BCUT2D eigenvalue weighted by molar-refractivity contribution is 5.24. The van der Waals surface area contributed by atoms with Crippen molar-refractivity contribution in [2.45, 2.75) is 39.8 Å². The first-order valence-corrected chi connectivity index (χ1v) is 5.59. The molecule has 0 aromatic carbocycles. The largest absolute Gasteiger partial charge is 0.472 e. The summed E-state index contributed by atoms with van der Waals surface area (Å²) in [6.45, 7) is 5.96. The highest BCUT2D eigenvalue weighted by atomic mass is 19.3. The Hall–Kier alpha value is -1.23. The first-order valence-electron chi connectivity index (χ1n) is 5.59. The number of alkyl halides is 2. The Kier molecular flexibility index (Phi) is 5.28. The number of rotatable bonds is 6. The first kappa shape index (κ1) is 13.8. The summed E-state index contributed by atoms with van der Waals surface area (Å²) < 4.78 is 28.9. The third-order valence-electron chi connectivity index (χ3n) is 2.06. The van der Waals surface area contributed by atoms with Gasteiger partial charge in [0.25, 0.3) is 6.43 Å². The molecule has 1 N–H and O–H groups in total. The average Bonchev–Trinajstić information content (AvgIpc) is 2.23. The van der Waals surface area contributed by atoms with Gasteiger partial charge in [0.1, 0.15) is 0 Å². The van der Waals surface area contributed by atoms with E-state index in [1.54, 1.807) is 6.07 Å². The number of aryl methyl sites for hydroxylation is 1. The molecule has 0 radical (unpaired) electrons. The van der Waals surface area contributed by atoms with E-state index in [1.165, 1.54) is 0 Å². The predicted molar refractivity (Wildman–Crippen MR) is 62.4 cm³/mol. The Bertz CT molecular complexity index is 326. The lowest BCUT2D eigenvalue weighted by Crippen LogP contribution is -2.22. The third-order valence-corrected chi connectivity index (χ3v) is 2.06. The molecule has 0 saturated carbocycles. The normalized spacial score (nSPS) is 11.2. The van der Waals surface area contributed by atoms with Gasteiger partial charge in [-0.25, -0.2) is 13.8 Å². The zero-order chi connectivity index (χ0) is 12.8. The molecule has 0 aliphatic rings. The number of hydrogen-bond donors (Lipinski definition) is 1. The van der Waals surface area contributed by atoms with Crippen molar-refractivity contribution < 1.29 is 13.5 Å². The fraction of sp³-hybridized carbons (Fsp3) is 0.583. The second kappa shape index (κ2) is 6.49.